The van der Waals surface area contributed by atoms with E-state index in [1.165, 1.54) is 12.1 Å². The second kappa shape index (κ2) is 9.70. The molecule has 0 radical (unpaired) electrons. The number of aromatic nitrogens is 1. The highest BCUT2D eigenvalue weighted by atomic mass is 35.5. The van der Waals surface area contributed by atoms with Crippen LogP contribution in [-0.4, -0.2) is 20.6 Å². The molecular weight excluding hydrogens is 530 g/mol. The van der Waals surface area contributed by atoms with Gasteiger partial charge < -0.3 is 4.57 Å². The Hall–Kier alpha value is -2.77. The van der Waals surface area contributed by atoms with Crippen molar-refractivity contribution in [1.82, 2.24) is 9.47 Å². The number of fused-ring (bicyclic) bond motifs is 1. The number of carbonyl (C=O) groups is 2. The highest BCUT2D eigenvalue weighted by Crippen LogP contribution is 2.36. The van der Waals surface area contributed by atoms with Gasteiger partial charge in [0.25, 0.3) is 11.1 Å². The van der Waals surface area contributed by atoms with Gasteiger partial charge in [-0.05, 0) is 53.7 Å². The fourth-order valence-electron chi connectivity index (χ4n) is 3.97. The van der Waals surface area contributed by atoms with Gasteiger partial charge in [0.15, 0.2) is 0 Å². The van der Waals surface area contributed by atoms with Crippen molar-refractivity contribution >= 4 is 74.7 Å². The second-order valence-electron chi connectivity index (χ2n) is 7.93. The van der Waals surface area contributed by atoms with Crippen molar-refractivity contribution in [3.8, 4) is 0 Å². The molecule has 5 rings (SSSR count). The molecule has 4 nitrogen and oxygen atoms in total. The van der Waals surface area contributed by atoms with Crippen LogP contribution in [0.2, 0.25) is 15.1 Å². The van der Waals surface area contributed by atoms with E-state index in [0.717, 1.165) is 44.8 Å². The molecule has 0 atom stereocenters. The minimum absolute atomic E-state index is 0.0338. The van der Waals surface area contributed by atoms with Crippen molar-refractivity contribution in [2.45, 2.75) is 13.1 Å². The van der Waals surface area contributed by atoms with Crippen LogP contribution in [0.3, 0.4) is 0 Å². The summed E-state index contributed by atoms with van der Waals surface area (Å²) in [5, 5.41) is 1.81. The van der Waals surface area contributed by atoms with Crippen molar-refractivity contribution in [3.63, 3.8) is 0 Å². The first-order valence-corrected chi connectivity index (χ1v) is 12.5. The molecule has 176 valence electrons. The van der Waals surface area contributed by atoms with Crippen LogP contribution in [0.5, 0.6) is 0 Å². The van der Waals surface area contributed by atoms with Gasteiger partial charge >= 0.3 is 0 Å². The minimum atomic E-state index is -0.484. The van der Waals surface area contributed by atoms with Gasteiger partial charge in [-0.25, -0.2) is 4.39 Å². The van der Waals surface area contributed by atoms with Crippen molar-refractivity contribution in [2.75, 3.05) is 0 Å². The van der Waals surface area contributed by atoms with Gasteiger partial charge in [0, 0.05) is 43.3 Å². The molecule has 2 heterocycles. The summed E-state index contributed by atoms with van der Waals surface area (Å²) in [6.07, 6.45) is 3.62. The summed E-state index contributed by atoms with van der Waals surface area (Å²) in [7, 11) is 0. The van der Waals surface area contributed by atoms with Crippen LogP contribution >= 0.6 is 46.6 Å². The van der Waals surface area contributed by atoms with E-state index < -0.39 is 17.0 Å². The summed E-state index contributed by atoms with van der Waals surface area (Å²) in [6.45, 7) is 0.408. The summed E-state index contributed by atoms with van der Waals surface area (Å²) in [5.41, 5.74) is 3.01. The van der Waals surface area contributed by atoms with E-state index in [4.69, 9.17) is 34.8 Å². The van der Waals surface area contributed by atoms with E-state index in [9.17, 15) is 14.0 Å². The lowest BCUT2D eigenvalue weighted by Crippen LogP contribution is -2.27. The number of hydrogen-bond donors (Lipinski definition) is 0. The lowest BCUT2D eigenvalue weighted by Gasteiger charge is -2.13. The normalized spacial score (nSPS) is 15.1. The third-order valence-electron chi connectivity index (χ3n) is 5.71. The molecule has 1 aliphatic heterocycles. The Balaban J connectivity index is 1.48. The number of nitrogens with zero attached hydrogens (tertiary/aromatic N) is 2. The zero-order valence-corrected chi connectivity index (χ0v) is 21.1. The molecule has 0 aliphatic carbocycles. The van der Waals surface area contributed by atoms with Crippen molar-refractivity contribution in [2.24, 2.45) is 0 Å². The molecule has 35 heavy (non-hydrogen) atoms. The molecular formula is C26H16Cl3FN2O2S. The van der Waals surface area contributed by atoms with E-state index in [2.05, 4.69) is 0 Å². The molecule has 1 fully saturated rings. The molecule has 0 saturated carbocycles. The van der Waals surface area contributed by atoms with E-state index >= 15 is 0 Å². The van der Waals surface area contributed by atoms with Gasteiger partial charge in [-0.1, -0.05) is 65.1 Å². The number of para-hydroxylation sites is 1. The zero-order chi connectivity index (χ0) is 24.7. The zero-order valence-electron chi connectivity index (χ0n) is 18.0. The Labute approximate surface area is 219 Å². The topological polar surface area (TPSA) is 42.3 Å². The van der Waals surface area contributed by atoms with Crippen LogP contribution < -0.4 is 0 Å². The summed E-state index contributed by atoms with van der Waals surface area (Å²) in [5.74, 6) is -0.909. The van der Waals surface area contributed by atoms with Crippen LogP contribution in [0.4, 0.5) is 9.18 Å². The highest BCUT2D eigenvalue weighted by Gasteiger charge is 2.35. The van der Waals surface area contributed by atoms with Gasteiger partial charge in [0.2, 0.25) is 0 Å². The first kappa shape index (κ1) is 23.9. The Kier molecular flexibility index (Phi) is 6.64. The number of amides is 2. The maximum Gasteiger partial charge on any atom is 0.293 e. The average Bonchev–Trinajstić information content (AvgIpc) is 3.30. The van der Waals surface area contributed by atoms with E-state index in [1.807, 2.05) is 35.0 Å². The van der Waals surface area contributed by atoms with E-state index in [-0.39, 0.29) is 11.6 Å². The number of benzene rings is 3. The Morgan fingerprint density at radius 3 is 2.37 bits per heavy atom. The molecule has 9 heteroatoms. The monoisotopic (exact) mass is 544 g/mol. The number of rotatable bonds is 5. The van der Waals surface area contributed by atoms with Gasteiger partial charge in [-0.3, -0.25) is 14.5 Å². The van der Waals surface area contributed by atoms with Crippen LogP contribution in [0.15, 0.2) is 71.8 Å². The first-order valence-electron chi connectivity index (χ1n) is 10.5. The fraction of sp³-hybridized carbons (Fsp3) is 0.0769. The highest BCUT2D eigenvalue weighted by molar-refractivity contribution is 8.18. The van der Waals surface area contributed by atoms with Crippen LogP contribution in [0.1, 0.15) is 16.7 Å². The summed E-state index contributed by atoms with van der Waals surface area (Å²) < 4.78 is 15.4. The maximum atomic E-state index is 13.4. The quantitative estimate of drug-likeness (QED) is 0.238. The predicted molar refractivity (Wildman–Crippen MR) is 140 cm³/mol. The summed E-state index contributed by atoms with van der Waals surface area (Å²) in [6, 6.07) is 17.0. The molecule has 1 saturated heterocycles. The largest absolute Gasteiger partial charge is 0.342 e. The molecule has 1 aromatic heterocycles. The van der Waals surface area contributed by atoms with Crippen molar-refractivity contribution in [1.29, 1.82) is 0 Å². The third kappa shape index (κ3) is 4.71. The smallest absolute Gasteiger partial charge is 0.293 e. The summed E-state index contributed by atoms with van der Waals surface area (Å²) in [4.78, 5) is 27.1. The van der Waals surface area contributed by atoms with Gasteiger partial charge in [0.05, 0.1) is 18.0 Å². The molecule has 1 aliphatic rings. The van der Waals surface area contributed by atoms with Crippen molar-refractivity contribution < 1.29 is 14.0 Å². The molecule has 4 aromatic rings. The lowest BCUT2D eigenvalue weighted by molar-refractivity contribution is -0.123. The SMILES string of the molecule is O=C1SC(=Cc2cn(Cc3c(Cl)cccc3Cl)c3ccccc23)C(=O)N1Cc1ccc(F)cc1Cl. The number of halogens is 4. The Bertz CT molecular complexity index is 1510. The molecule has 0 bridgehead atoms. The molecule has 3 aromatic carbocycles. The van der Waals surface area contributed by atoms with Crippen molar-refractivity contribution in [3.05, 3.63) is 109 Å². The Morgan fingerprint density at radius 1 is 0.886 bits per heavy atom. The maximum absolute atomic E-state index is 13.4. The molecule has 2 amide bonds. The van der Waals surface area contributed by atoms with Crippen LogP contribution in [-0.2, 0) is 17.9 Å². The van der Waals surface area contributed by atoms with Gasteiger partial charge in [-0.2, -0.15) is 0 Å². The first-order chi connectivity index (χ1) is 16.8. The predicted octanol–water partition coefficient (Wildman–Crippen LogP) is 8.03. The molecule has 0 N–H and O–H groups in total. The average molecular weight is 546 g/mol. The summed E-state index contributed by atoms with van der Waals surface area (Å²) >= 11 is 19.7. The van der Waals surface area contributed by atoms with Crippen LogP contribution in [0, 0.1) is 5.82 Å². The minimum Gasteiger partial charge on any atom is -0.342 e. The number of carbonyl (C=O) groups excluding carboxylic acids is 2. The number of hydrogen-bond acceptors (Lipinski definition) is 3. The van der Waals surface area contributed by atoms with E-state index in [0.29, 0.717) is 27.1 Å². The third-order valence-corrected chi connectivity index (χ3v) is 7.68. The van der Waals surface area contributed by atoms with E-state index in [1.54, 1.807) is 24.3 Å². The second-order valence-corrected chi connectivity index (χ2v) is 10.1. The molecule has 0 spiro atoms. The van der Waals surface area contributed by atoms with Crippen LogP contribution in [0.25, 0.3) is 17.0 Å². The molecule has 0 unspecified atom stereocenters. The number of imide groups is 1. The fourth-order valence-corrected chi connectivity index (χ4v) is 5.55. The number of thioether (sulfide) groups is 1. The van der Waals surface area contributed by atoms with Gasteiger partial charge in [-0.15, -0.1) is 0 Å². The van der Waals surface area contributed by atoms with Gasteiger partial charge in [0.1, 0.15) is 5.82 Å². The Morgan fingerprint density at radius 2 is 1.63 bits per heavy atom. The standard InChI is InChI=1S/C26H16Cl3FN2O2S/c27-20-5-3-6-21(28)19(20)14-31-12-16(18-4-1-2-7-23(18)31)10-24-25(33)32(26(34)35-24)13-15-8-9-17(30)11-22(15)29/h1-12H,13-14H2. The lowest BCUT2D eigenvalue weighted by atomic mass is 10.1.